The lowest BCUT2D eigenvalue weighted by Gasteiger charge is -2.38. The van der Waals surface area contributed by atoms with Crippen LogP contribution in [0.15, 0.2) is 0 Å². The fraction of sp³-hybridized carbons (Fsp3) is 0.875. The molecule has 0 spiro atoms. The molecule has 1 aliphatic rings. The van der Waals surface area contributed by atoms with E-state index in [9.17, 15) is 4.79 Å². The van der Waals surface area contributed by atoms with Gasteiger partial charge in [0.1, 0.15) is 0 Å². The normalized spacial score (nSPS) is 28.7. The zero-order valence-corrected chi connectivity index (χ0v) is 11.9. The summed E-state index contributed by atoms with van der Waals surface area (Å²) in [6.45, 7) is 1.01. The van der Waals surface area contributed by atoms with Crippen LogP contribution < -0.4 is 0 Å². The summed E-state index contributed by atoms with van der Waals surface area (Å²) in [6.07, 6.45) is 3.23. The Morgan fingerprint density at radius 1 is 1.67 bits per heavy atom. The Balaban J connectivity index is 2.48. The standard InChI is InChI=1S/C8H18NO3P3/c10-8(11)4-3-6-7(12-15-14)2-1-5-9(6)13/h6-7,15H,1-5,13-14H2,(H,10,11)/t6-,7+/m1/s1. The summed E-state index contributed by atoms with van der Waals surface area (Å²) < 4.78 is 7.78. The van der Waals surface area contributed by atoms with Gasteiger partial charge in [0.05, 0.1) is 6.10 Å². The minimum Gasteiger partial charge on any atom is -0.481 e. The van der Waals surface area contributed by atoms with Crippen LogP contribution in [0.2, 0.25) is 0 Å². The van der Waals surface area contributed by atoms with Crippen LogP contribution >= 0.6 is 26.8 Å². The van der Waals surface area contributed by atoms with E-state index in [1.54, 1.807) is 0 Å². The molecule has 1 saturated heterocycles. The molecule has 0 radical (unpaired) electrons. The highest BCUT2D eigenvalue weighted by atomic mass is 32.0. The first kappa shape index (κ1) is 13.7. The zero-order chi connectivity index (χ0) is 11.3. The van der Waals surface area contributed by atoms with Crippen molar-refractivity contribution < 1.29 is 14.4 Å². The second-order valence-corrected chi connectivity index (χ2v) is 5.50. The molecule has 0 amide bonds. The number of hydrogen-bond acceptors (Lipinski definition) is 3. The first-order valence-electron chi connectivity index (χ1n) is 4.99. The number of carboxylic acid groups (broad SMARTS) is 1. The largest absolute Gasteiger partial charge is 0.481 e. The third-order valence-corrected chi connectivity index (χ3v) is 4.12. The van der Waals surface area contributed by atoms with Crippen molar-refractivity contribution in [3.8, 4) is 0 Å². The first-order chi connectivity index (χ1) is 7.15. The molecule has 0 aromatic rings. The van der Waals surface area contributed by atoms with E-state index in [4.69, 9.17) is 9.63 Å². The van der Waals surface area contributed by atoms with Gasteiger partial charge < -0.3 is 9.63 Å². The van der Waals surface area contributed by atoms with Gasteiger partial charge in [-0.3, -0.25) is 9.46 Å². The van der Waals surface area contributed by atoms with E-state index >= 15 is 0 Å². The molecule has 88 valence electrons. The van der Waals surface area contributed by atoms with Crippen molar-refractivity contribution in [2.75, 3.05) is 6.54 Å². The smallest absolute Gasteiger partial charge is 0.303 e. The van der Waals surface area contributed by atoms with E-state index in [1.807, 2.05) is 0 Å². The molecule has 3 unspecified atom stereocenters. The van der Waals surface area contributed by atoms with Gasteiger partial charge in [-0.15, -0.1) is 0 Å². The molecule has 15 heavy (non-hydrogen) atoms. The maximum absolute atomic E-state index is 10.5. The average Bonchev–Trinajstić information content (AvgIpc) is 2.17. The van der Waals surface area contributed by atoms with Crippen LogP contribution in [0.5, 0.6) is 0 Å². The molecule has 1 rings (SSSR count). The summed E-state index contributed by atoms with van der Waals surface area (Å²) in [5.74, 6) is -0.731. The van der Waals surface area contributed by atoms with Crippen molar-refractivity contribution in [1.82, 2.24) is 4.67 Å². The Morgan fingerprint density at radius 3 is 3.00 bits per heavy atom. The van der Waals surface area contributed by atoms with Gasteiger partial charge in [0.15, 0.2) is 0 Å². The highest BCUT2D eigenvalue weighted by molar-refractivity contribution is 8.00. The Bertz CT molecular complexity index is 215. The molecular weight excluding hydrogens is 251 g/mol. The van der Waals surface area contributed by atoms with E-state index in [2.05, 4.69) is 23.0 Å². The number of carboxylic acids is 1. The summed E-state index contributed by atoms with van der Waals surface area (Å²) in [6, 6.07) is 0.230. The van der Waals surface area contributed by atoms with Gasteiger partial charge in [-0.25, -0.2) is 0 Å². The minimum absolute atomic E-state index is 0.187. The van der Waals surface area contributed by atoms with E-state index in [1.165, 1.54) is 0 Å². The topological polar surface area (TPSA) is 49.8 Å². The number of aliphatic carboxylic acids is 1. The average molecular weight is 269 g/mol. The van der Waals surface area contributed by atoms with Crippen LogP contribution in [0, 0.1) is 0 Å². The second kappa shape index (κ2) is 7.09. The van der Waals surface area contributed by atoms with Crippen molar-refractivity contribution in [3.63, 3.8) is 0 Å². The Kier molecular flexibility index (Phi) is 6.50. The molecule has 1 fully saturated rings. The van der Waals surface area contributed by atoms with Crippen molar-refractivity contribution in [2.24, 2.45) is 0 Å². The maximum Gasteiger partial charge on any atom is 0.303 e. The van der Waals surface area contributed by atoms with E-state index in [0.717, 1.165) is 19.4 Å². The quantitative estimate of drug-likeness (QED) is 0.774. The van der Waals surface area contributed by atoms with Gasteiger partial charge in [0.25, 0.3) is 0 Å². The van der Waals surface area contributed by atoms with E-state index in [-0.39, 0.29) is 18.6 Å². The number of piperidine rings is 1. The number of hydrogen-bond donors (Lipinski definition) is 1. The molecular formula is C8H18NO3P3. The highest BCUT2D eigenvalue weighted by Gasteiger charge is 2.29. The third-order valence-electron chi connectivity index (χ3n) is 2.63. The summed E-state index contributed by atoms with van der Waals surface area (Å²) in [4.78, 5) is 10.5. The van der Waals surface area contributed by atoms with Gasteiger partial charge in [0.2, 0.25) is 0 Å². The second-order valence-electron chi connectivity index (χ2n) is 3.65. The molecule has 1 N–H and O–H groups in total. The fourth-order valence-electron chi connectivity index (χ4n) is 1.89. The highest BCUT2D eigenvalue weighted by Crippen LogP contribution is 2.33. The summed E-state index contributed by atoms with van der Waals surface area (Å²) in [5, 5.41) is 8.68. The van der Waals surface area contributed by atoms with Gasteiger partial charge in [-0.2, -0.15) is 0 Å². The maximum atomic E-state index is 10.5. The van der Waals surface area contributed by atoms with Crippen molar-refractivity contribution in [3.05, 3.63) is 0 Å². The predicted molar refractivity (Wildman–Crippen MR) is 69.2 cm³/mol. The summed E-state index contributed by atoms with van der Waals surface area (Å²) >= 11 is 0. The Morgan fingerprint density at radius 2 is 2.40 bits per heavy atom. The summed E-state index contributed by atoms with van der Waals surface area (Å²) in [5.41, 5.74) is 0. The number of rotatable bonds is 5. The van der Waals surface area contributed by atoms with Crippen molar-refractivity contribution in [2.45, 2.75) is 37.8 Å². The fourth-order valence-corrected chi connectivity index (χ4v) is 3.39. The van der Waals surface area contributed by atoms with Crippen LogP contribution in [0.25, 0.3) is 0 Å². The van der Waals surface area contributed by atoms with Gasteiger partial charge >= 0.3 is 5.97 Å². The van der Waals surface area contributed by atoms with Crippen LogP contribution in [0.3, 0.4) is 0 Å². The number of nitrogens with zero attached hydrogens (tertiary/aromatic N) is 1. The SMILES string of the molecule is O=C(O)CC[C@@H]1[C@@H](OPP)CCCN1P. The van der Waals surface area contributed by atoms with Crippen molar-refractivity contribution >= 4 is 32.8 Å². The van der Waals surface area contributed by atoms with Gasteiger partial charge in [-0.1, -0.05) is 18.3 Å². The zero-order valence-electron chi connectivity index (χ0n) is 8.56. The predicted octanol–water partition coefficient (Wildman–Crippen LogP) is 1.87. The summed E-state index contributed by atoms with van der Waals surface area (Å²) in [7, 11) is 5.65. The lowest BCUT2D eigenvalue weighted by molar-refractivity contribution is -0.137. The van der Waals surface area contributed by atoms with E-state index < -0.39 is 5.97 Å². The van der Waals surface area contributed by atoms with Crippen molar-refractivity contribution in [1.29, 1.82) is 0 Å². The van der Waals surface area contributed by atoms with Crippen LogP contribution in [0.1, 0.15) is 25.7 Å². The Labute approximate surface area is 96.7 Å². The number of carbonyl (C=O) groups is 1. The molecule has 0 saturated carbocycles. The van der Waals surface area contributed by atoms with Gasteiger partial charge in [0, 0.05) is 27.5 Å². The lowest BCUT2D eigenvalue weighted by Crippen LogP contribution is -2.43. The third kappa shape index (κ3) is 4.59. The van der Waals surface area contributed by atoms with Crippen LogP contribution in [-0.4, -0.2) is 34.4 Å². The molecule has 5 atom stereocenters. The minimum atomic E-state index is -0.731. The van der Waals surface area contributed by atoms with Crippen LogP contribution in [-0.2, 0) is 9.32 Å². The molecule has 7 heteroatoms. The molecule has 4 nitrogen and oxygen atoms in total. The van der Waals surface area contributed by atoms with Crippen LogP contribution in [0.4, 0.5) is 0 Å². The molecule has 0 aromatic heterocycles. The van der Waals surface area contributed by atoms with E-state index in [0.29, 0.717) is 14.9 Å². The molecule has 0 bridgehead atoms. The monoisotopic (exact) mass is 269 g/mol. The molecule has 1 aliphatic heterocycles. The van der Waals surface area contributed by atoms with Gasteiger partial charge in [-0.05, 0) is 19.3 Å². The molecule has 1 heterocycles. The first-order valence-corrected chi connectivity index (χ1v) is 8.23. The Hall–Kier alpha value is 0.680. The lowest BCUT2D eigenvalue weighted by atomic mass is 9.97. The molecule has 0 aromatic carbocycles. The molecule has 0 aliphatic carbocycles.